The zero-order chi connectivity index (χ0) is 19.1. The molecule has 1 unspecified atom stereocenters. The van der Waals surface area contributed by atoms with Crippen molar-refractivity contribution in [3.63, 3.8) is 0 Å². The molecular formula is C22H21N5O. The predicted octanol–water partition coefficient (Wildman–Crippen LogP) is 4.13. The van der Waals surface area contributed by atoms with E-state index in [0.29, 0.717) is 17.2 Å². The summed E-state index contributed by atoms with van der Waals surface area (Å²) in [5.74, 6) is 1.31. The topological polar surface area (TPSA) is 75.6 Å². The predicted molar refractivity (Wildman–Crippen MR) is 109 cm³/mol. The van der Waals surface area contributed by atoms with E-state index in [2.05, 4.69) is 33.3 Å². The second-order valence-electron chi connectivity index (χ2n) is 7.49. The highest BCUT2D eigenvalue weighted by Gasteiger charge is 2.22. The maximum Gasteiger partial charge on any atom is 0.257 e. The maximum absolute atomic E-state index is 12.9. The molecule has 3 heterocycles. The van der Waals surface area contributed by atoms with Gasteiger partial charge in [-0.1, -0.05) is 19.1 Å². The minimum absolute atomic E-state index is 0.130. The fourth-order valence-electron chi connectivity index (χ4n) is 4.01. The zero-order valence-corrected chi connectivity index (χ0v) is 15.6. The molecule has 1 atom stereocenters. The Kier molecular flexibility index (Phi) is 3.97. The molecular weight excluding hydrogens is 350 g/mol. The van der Waals surface area contributed by atoms with E-state index in [0.717, 1.165) is 24.2 Å². The minimum atomic E-state index is -0.130. The van der Waals surface area contributed by atoms with E-state index in [1.165, 1.54) is 23.1 Å². The van der Waals surface area contributed by atoms with Gasteiger partial charge in [0.2, 0.25) is 0 Å². The average Bonchev–Trinajstić information content (AvgIpc) is 3.36. The summed E-state index contributed by atoms with van der Waals surface area (Å²) >= 11 is 0. The number of para-hydroxylation sites is 1. The molecule has 0 bridgehead atoms. The number of carbonyl (C=O) groups excluding carboxylic acids is 1. The van der Waals surface area contributed by atoms with Crippen LogP contribution in [0.5, 0.6) is 0 Å². The molecule has 0 fully saturated rings. The van der Waals surface area contributed by atoms with Crippen molar-refractivity contribution >= 4 is 22.5 Å². The molecule has 0 radical (unpaired) electrons. The molecule has 0 aliphatic heterocycles. The third kappa shape index (κ3) is 2.87. The highest BCUT2D eigenvalue weighted by Crippen LogP contribution is 2.33. The molecule has 6 nitrogen and oxygen atoms in total. The van der Waals surface area contributed by atoms with E-state index in [1.807, 2.05) is 35.0 Å². The summed E-state index contributed by atoms with van der Waals surface area (Å²) in [4.78, 5) is 24.9. The summed E-state index contributed by atoms with van der Waals surface area (Å²) in [6, 6.07) is 9.65. The second kappa shape index (κ2) is 6.64. The van der Waals surface area contributed by atoms with Gasteiger partial charge in [-0.25, -0.2) is 9.97 Å². The molecule has 0 saturated heterocycles. The second-order valence-corrected chi connectivity index (χ2v) is 7.49. The third-order valence-corrected chi connectivity index (χ3v) is 5.49. The van der Waals surface area contributed by atoms with Crippen LogP contribution in [0.25, 0.3) is 16.7 Å². The Morgan fingerprint density at radius 3 is 3.00 bits per heavy atom. The van der Waals surface area contributed by atoms with Crippen molar-refractivity contribution < 1.29 is 4.79 Å². The van der Waals surface area contributed by atoms with Gasteiger partial charge in [-0.15, -0.1) is 0 Å². The van der Waals surface area contributed by atoms with E-state index in [1.54, 1.807) is 18.7 Å². The van der Waals surface area contributed by atoms with Gasteiger partial charge in [0, 0.05) is 23.5 Å². The normalized spacial score (nSPS) is 16.1. The van der Waals surface area contributed by atoms with Crippen LogP contribution in [0.2, 0.25) is 0 Å². The van der Waals surface area contributed by atoms with Gasteiger partial charge in [0.15, 0.2) is 0 Å². The Morgan fingerprint density at radius 1 is 1.29 bits per heavy atom. The standard InChI is InChI=1S/C22H21N5O/c1-14-5-7-19-18(11-14)16-3-2-4-17(21(16)26-19)22(28)25-15-6-8-20(24-12-15)27-10-9-23-13-27/h2-4,6,8-10,12-14,26H,5,7,11H2,1H3,(H,25,28). The lowest BCUT2D eigenvalue weighted by Gasteiger charge is -2.17. The molecule has 0 spiro atoms. The molecule has 1 aliphatic carbocycles. The molecule has 1 amide bonds. The first-order valence-electron chi connectivity index (χ1n) is 9.57. The highest BCUT2D eigenvalue weighted by molar-refractivity contribution is 6.12. The number of imidazole rings is 1. The van der Waals surface area contributed by atoms with Crippen molar-refractivity contribution in [3.05, 3.63) is 72.1 Å². The van der Waals surface area contributed by atoms with Crippen molar-refractivity contribution in [2.24, 2.45) is 5.92 Å². The smallest absolute Gasteiger partial charge is 0.257 e. The average molecular weight is 371 g/mol. The van der Waals surface area contributed by atoms with Crippen LogP contribution >= 0.6 is 0 Å². The molecule has 140 valence electrons. The van der Waals surface area contributed by atoms with Crippen molar-refractivity contribution in [1.29, 1.82) is 0 Å². The van der Waals surface area contributed by atoms with E-state index >= 15 is 0 Å². The Morgan fingerprint density at radius 2 is 2.21 bits per heavy atom. The van der Waals surface area contributed by atoms with Gasteiger partial charge >= 0.3 is 0 Å². The zero-order valence-electron chi connectivity index (χ0n) is 15.6. The van der Waals surface area contributed by atoms with E-state index in [9.17, 15) is 4.79 Å². The first-order chi connectivity index (χ1) is 13.7. The number of H-pyrrole nitrogens is 1. The van der Waals surface area contributed by atoms with E-state index in [-0.39, 0.29) is 5.91 Å². The van der Waals surface area contributed by atoms with E-state index < -0.39 is 0 Å². The number of rotatable bonds is 3. The quantitative estimate of drug-likeness (QED) is 0.569. The Hall–Kier alpha value is -3.41. The number of nitrogens with zero attached hydrogens (tertiary/aromatic N) is 3. The van der Waals surface area contributed by atoms with E-state index in [4.69, 9.17) is 0 Å². The number of amides is 1. The van der Waals surface area contributed by atoms with Crippen LogP contribution in [0.4, 0.5) is 5.69 Å². The van der Waals surface area contributed by atoms with Crippen LogP contribution in [0, 0.1) is 5.92 Å². The van der Waals surface area contributed by atoms with Crippen LogP contribution in [-0.2, 0) is 12.8 Å². The van der Waals surface area contributed by atoms with Gasteiger partial charge in [-0.05, 0) is 48.9 Å². The van der Waals surface area contributed by atoms with Gasteiger partial charge in [0.25, 0.3) is 5.91 Å². The largest absolute Gasteiger partial charge is 0.358 e. The number of fused-ring (bicyclic) bond motifs is 3. The molecule has 1 aromatic carbocycles. The van der Waals surface area contributed by atoms with Crippen molar-refractivity contribution in [1.82, 2.24) is 19.5 Å². The number of pyridine rings is 1. The van der Waals surface area contributed by atoms with Crippen LogP contribution in [0.15, 0.2) is 55.2 Å². The summed E-state index contributed by atoms with van der Waals surface area (Å²) in [7, 11) is 0. The number of hydrogen-bond donors (Lipinski definition) is 2. The minimum Gasteiger partial charge on any atom is -0.358 e. The molecule has 3 aromatic heterocycles. The fraction of sp³-hybridized carbons (Fsp3) is 0.227. The number of anilines is 1. The Balaban J connectivity index is 1.43. The highest BCUT2D eigenvalue weighted by atomic mass is 16.1. The number of aromatic amines is 1. The summed E-state index contributed by atoms with van der Waals surface area (Å²) in [5.41, 5.74) is 4.91. The van der Waals surface area contributed by atoms with Crippen LogP contribution < -0.4 is 5.32 Å². The van der Waals surface area contributed by atoms with Crippen molar-refractivity contribution in [2.75, 3.05) is 5.32 Å². The van der Waals surface area contributed by atoms with Gasteiger partial charge in [0.1, 0.15) is 12.1 Å². The van der Waals surface area contributed by atoms with Crippen molar-refractivity contribution in [2.45, 2.75) is 26.2 Å². The molecule has 28 heavy (non-hydrogen) atoms. The summed E-state index contributed by atoms with van der Waals surface area (Å²) in [6.45, 7) is 2.29. The Labute approximate surface area is 162 Å². The molecule has 4 aromatic rings. The lowest BCUT2D eigenvalue weighted by molar-refractivity contribution is 0.102. The summed E-state index contributed by atoms with van der Waals surface area (Å²) in [5, 5.41) is 4.13. The fourth-order valence-corrected chi connectivity index (χ4v) is 4.01. The van der Waals surface area contributed by atoms with Crippen LogP contribution in [-0.4, -0.2) is 25.4 Å². The van der Waals surface area contributed by atoms with Crippen LogP contribution in [0.3, 0.4) is 0 Å². The summed E-state index contributed by atoms with van der Waals surface area (Å²) in [6.07, 6.45) is 10.2. The Bertz CT molecular complexity index is 1140. The molecule has 1 aliphatic rings. The number of aryl methyl sites for hydroxylation is 1. The number of carbonyl (C=O) groups is 1. The third-order valence-electron chi connectivity index (χ3n) is 5.49. The molecule has 5 rings (SSSR count). The first-order valence-corrected chi connectivity index (χ1v) is 9.57. The van der Waals surface area contributed by atoms with Crippen molar-refractivity contribution in [3.8, 4) is 5.82 Å². The lowest BCUT2D eigenvalue weighted by Crippen LogP contribution is -2.12. The number of hydrogen-bond acceptors (Lipinski definition) is 3. The van der Waals surface area contributed by atoms with Gasteiger partial charge < -0.3 is 10.3 Å². The summed E-state index contributed by atoms with van der Waals surface area (Å²) < 4.78 is 1.82. The number of aromatic nitrogens is 4. The monoisotopic (exact) mass is 371 g/mol. The molecule has 6 heteroatoms. The SMILES string of the molecule is CC1CCc2[nH]c3c(C(=O)Nc4ccc(-n5ccnc5)nc4)cccc3c2C1. The maximum atomic E-state index is 12.9. The first kappa shape index (κ1) is 16.7. The molecule has 2 N–H and O–H groups in total. The van der Waals surface area contributed by atoms with Gasteiger partial charge in [-0.3, -0.25) is 9.36 Å². The number of benzene rings is 1. The van der Waals surface area contributed by atoms with Gasteiger partial charge in [-0.2, -0.15) is 0 Å². The molecule has 0 saturated carbocycles. The number of nitrogens with one attached hydrogen (secondary N) is 2. The lowest BCUT2D eigenvalue weighted by atomic mass is 9.87. The van der Waals surface area contributed by atoms with Crippen LogP contribution in [0.1, 0.15) is 35.0 Å². The van der Waals surface area contributed by atoms with Gasteiger partial charge in [0.05, 0.1) is 23.0 Å².